The summed E-state index contributed by atoms with van der Waals surface area (Å²) in [5.41, 5.74) is 1.27. The Morgan fingerprint density at radius 3 is 2.86 bits per heavy atom. The monoisotopic (exact) mass is 290 g/mol. The van der Waals surface area contributed by atoms with Gasteiger partial charge in [0.05, 0.1) is 0 Å². The van der Waals surface area contributed by atoms with E-state index in [1.165, 1.54) is 6.42 Å². The number of benzene rings is 1. The van der Waals surface area contributed by atoms with Gasteiger partial charge in [0.25, 0.3) is 5.91 Å². The second-order valence-electron chi connectivity index (χ2n) is 6.35. The SMILES string of the molecule is Cc1c(O)cccc1C(=O)N(CC(C)C)CC1CCCN1. The van der Waals surface area contributed by atoms with E-state index < -0.39 is 0 Å². The number of nitrogens with zero attached hydrogens (tertiary/aromatic N) is 1. The Bertz CT molecular complexity index is 494. The van der Waals surface area contributed by atoms with E-state index in [1.807, 2.05) is 4.90 Å². The lowest BCUT2D eigenvalue weighted by molar-refractivity contribution is 0.0720. The Labute approximate surface area is 127 Å². The summed E-state index contributed by atoms with van der Waals surface area (Å²) in [7, 11) is 0. The van der Waals surface area contributed by atoms with Crippen LogP contribution in [0.4, 0.5) is 0 Å². The fraction of sp³-hybridized carbons (Fsp3) is 0.588. The normalized spacial score (nSPS) is 18.2. The lowest BCUT2D eigenvalue weighted by Crippen LogP contribution is -2.43. The predicted octanol–water partition coefficient (Wildman–Crippen LogP) is 2.55. The van der Waals surface area contributed by atoms with Crippen LogP contribution in [0.1, 0.15) is 42.6 Å². The number of amides is 1. The van der Waals surface area contributed by atoms with Crippen molar-refractivity contribution in [3.05, 3.63) is 29.3 Å². The first-order valence-electron chi connectivity index (χ1n) is 7.80. The van der Waals surface area contributed by atoms with Gasteiger partial charge in [-0.2, -0.15) is 0 Å². The predicted molar refractivity (Wildman–Crippen MR) is 84.6 cm³/mol. The summed E-state index contributed by atoms with van der Waals surface area (Å²) < 4.78 is 0. The van der Waals surface area contributed by atoms with Gasteiger partial charge in [-0.1, -0.05) is 19.9 Å². The number of phenols is 1. The molecule has 1 unspecified atom stereocenters. The molecule has 0 aromatic heterocycles. The Balaban J connectivity index is 2.18. The highest BCUT2D eigenvalue weighted by Gasteiger charge is 2.24. The third-order valence-corrected chi connectivity index (χ3v) is 4.01. The molecule has 2 N–H and O–H groups in total. The highest BCUT2D eigenvalue weighted by molar-refractivity contribution is 5.96. The molecule has 1 fully saturated rings. The fourth-order valence-corrected chi connectivity index (χ4v) is 2.89. The van der Waals surface area contributed by atoms with Crippen molar-refractivity contribution >= 4 is 5.91 Å². The van der Waals surface area contributed by atoms with Crippen LogP contribution in [0, 0.1) is 12.8 Å². The van der Waals surface area contributed by atoms with Crippen LogP contribution in [0.25, 0.3) is 0 Å². The molecular weight excluding hydrogens is 264 g/mol. The molecular formula is C17H26N2O2. The molecule has 21 heavy (non-hydrogen) atoms. The molecule has 0 bridgehead atoms. The van der Waals surface area contributed by atoms with Crippen LogP contribution >= 0.6 is 0 Å². The second-order valence-corrected chi connectivity index (χ2v) is 6.35. The van der Waals surface area contributed by atoms with Gasteiger partial charge in [-0.3, -0.25) is 4.79 Å². The van der Waals surface area contributed by atoms with Gasteiger partial charge in [0, 0.05) is 30.3 Å². The molecule has 1 aromatic rings. The zero-order chi connectivity index (χ0) is 15.4. The van der Waals surface area contributed by atoms with E-state index in [0.29, 0.717) is 23.1 Å². The van der Waals surface area contributed by atoms with Gasteiger partial charge in [0.1, 0.15) is 5.75 Å². The van der Waals surface area contributed by atoms with E-state index in [2.05, 4.69) is 19.2 Å². The second kappa shape index (κ2) is 6.94. The van der Waals surface area contributed by atoms with E-state index >= 15 is 0 Å². The van der Waals surface area contributed by atoms with Gasteiger partial charge in [-0.25, -0.2) is 0 Å². The minimum atomic E-state index is 0.0193. The standard InChI is InChI=1S/C17H26N2O2/c1-12(2)10-19(11-14-6-5-9-18-14)17(21)15-7-4-8-16(20)13(15)3/h4,7-8,12,14,18,20H,5-6,9-11H2,1-3H3. The number of carbonyl (C=O) groups is 1. The van der Waals surface area contributed by atoms with Gasteiger partial charge in [0.2, 0.25) is 0 Å². The van der Waals surface area contributed by atoms with Crippen molar-refractivity contribution in [3.8, 4) is 5.75 Å². The van der Waals surface area contributed by atoms with Gasteiger partial charge in [-0.05, 0) is 44.4 Å². The summed E-state index contributed by atoms with van der Waals surface area (Å²) in [5, 5.41) is 13.3. The van der Waals surface area contributed by atoms with Crippen molar-refractivity contribution in [1.29, 1.82) is 0 Å². The number of nitrogens with one attached hydrogen (secondary N) is 1. The molecule has 2 rings (SSSR count). The van der Waals surface area contributed by atoms with Crippen molar-refractivity contribution in [1.82, 2.24) is 10.2 Å². The molecule has 1 saturated heterocycles. The van der Waals surface area contributed by atoms with Crippen LogP contribution in [0.5, 0.6) is 5.75 Å². The summed E-state index contributed by atoms with van der Waals surface area (Å²) in [6.45, 7) is 8.57. The fourth-order valence-electron chi connectivity index (χ4n) is 2.89. The van der Waals surface area contributed by atoms with E-state index in [0.717, 1.165) is 26.1 Å². The highest BCUT2D eigenvalue weighted by Crippen LogP contribution is 2.22. The van der Waals surface area contributed by atoms with Gasteiger partial charge >= 0.3 is 0 Å². The average molecular weight is 290 g/mol. The van der Waals surface area contributed by atoms with E-state index in [4.69, 9.17) is 0 Å². The smallest absolute Gasteiger partial charge is 0.254 e. The first-order chi connectivity index (χ1) is 9.99. The van der Waals surface area contributed by atoms with E-state index in [9.17, 15) is 9.90 Å². The minimum Gasteiger partial charge on any atom is -0.508 e. The lowest BCUT2D eigenvalue weighted by Gasteiger charge is -2.28. The summed E-state index contributed by atoms with van der Waals surface area (Å²) in [4.78, 5) is 14.8. The molecule has 0 spiro atoms. The van der Waals surface area contributed by atoms with Crippen LogP contribution in [0.2, 0.25) is 0 Å². The molecule has 0 radical (unpaired) electrons. The molecule has 1 aliphatic rings. The number of aromatic hydroxyl groups is 1. The molecule has 0 aliphatic carbocycles. The van der Waals surface area contributed by atoms with Crippen molar-refractivity contribution in [2.24, 2.45) is 5.92 Å². The summed E-state index contributed by atoms with van der Waals surface area (Å²) in [6.07, 6.45) is 2.31. The Hall–Kier alpha value is -1.55. The van der Waals surface area contributed by atoms with Crippen LogP contribution in [-0.2, 0) is 0 Å². The molecule has 0 saturated carbocycles. The number of hydrogen-bond donors (Lipinski definition) is 2. The Kier molecular flexibility index (Phi) is 5.23. The van der Waals surface area contributed by atoms with Crippen LogP contribution in [0.15, 0.2) is 18.2 Å². The van der Waals surface area contributed by atoms with Gasteiger partial charge < -0.3 is 15.3 Å². The van der Waals surface area contributed by atoms with E-state index in [1.54, 1.807) is 25.1 Å². The summed E-state index contributed by atoms with van der Waals surface area (Å²) in [5.74, 6) is 0.628. The summed E-state index contributed by atoms with van der Waals surface area (Å²) >= 11 is 0. The molecule has 4 nitrogen and oxygen atoms in total. The first-order valence-corrected chi connectivity index (χ1v) is 7.80. The van der Waals surface area contributed by atoms with Crippen molar-refractivity contribution in [2.75, 3.05) is 19.6 Å². The molecule has 116 valence electrons. The molecule has 1 aromatic carbocycles. The van der Waals surface area contributed by atoms with E-state index in [-0.39, 0.29) is 11.7 Å². The molecule has 1 atom stereocenters. The Morgan fingerprint density at radius 2 is 2.24 bits per heavy atom. The number of rotatable bonds is 5. The van der Waals surface area contributed by atoms with Crippen molar-refractivity contribution < 1.29 is 9.90 Å². The van der Waals surface area contributed by atoms with Crippen LogP contribution in [0.3, 0.4) is 0 Å². The topological polar surface area (TPSA) is 52.6 Å². The maximum absolute atomic E-state index is 12.8. The third-order valence-electron chi connectivity index (χ3n) is 4.01. The van der Waals surface area contributed by atoms with Crippen molar-refractivity contribution in [2.45, 2.75) is 39.7 Å². The zero-order valence-electron chi connectivity index (χ0n) is 13.2. The Morgan fingerprint density at radius 1 is 1.48 bits per heavy atom. The number of hydrogen-bond acceptors (Lipinski definition) is 3. The van der Waals surface area contributed by atoms with Crippen molar-refractivity contribution in [3.63, 3.8) is 0 Å². The number of phenolic OH excluding ortho intramolecular Hbond substituents is 1. The molecule has 1 heterocycles. The largest absolute Gasteiger partial charge is 0.508 e. The maximum atomic E-state index is 12.8. The molecule has 1 aliphatic heterocycles. The minimum absolute atomic E-state index is 0.0193. The average Bonchev–Trinajstić information content (AvgIpc) is 2.93. The number of carbonyl (C=O) groups excluding carboxylic acids is 1. The van der Waals surface area contributed by atoms with Crippen LogP contribution in [-0.4, -0.2) is 41.6 Å². The lowest BCUT2D eigenvalue weighted by atomic mass is 10.0. The third kappa shape index (κ3) is 3.97. The van der Waals surface area contributed by atoms with Gasteiger partial charge in [0.15, 0.2) is 0 Å². The van der Waals surface area contributed by atoms with Gasteiger partial charge in [-0.15, -0.1) is 0 Å². The molecule has 1 amide bonds. The summed E-state index contributed by atoms with van der Waals surface area (Å²) in [6, 6.07) is 5.55. The quantitative estimate of drug-likeness (QED) is 0.876. The van der Waals surface area contributed by atoms with Crippen LogP contribution < -0.4 is 5.32 Å². The highest BCUT2D eigenvalue weighted by atomic mass is 16.3. The molecule has 4 heteroatoms. The first kappa shape index (κ1) is 15.8. The maximum Gasteiger partial charge on any atom is 0.254 e. The zero-order valence-corrected chi connectivity index (χ0v) is 13.2.